The van der Waals surface area contributed by atoms with Crippen LogP contribution in [0.1, 0.15) is 55.4 Å². The molecule has 4 heterocycles. The minimum absolute atomic E-state index is 0.00821. The van der Waals surface area contributed by atoms with Gasteiger partial charge < -0.3 is 37.1 Å². The topological polar surface area (TPSA) is 197 Å². The molecule has 0 saturated carbocycles. The number of Topliss-reactive ketones (excluding diaryl/α,β-unsaturated/α-hetero) is 2. The number of carboxylic acid groups (broad SMARTS) is 1. The Labute approximate surface area is 382 Å². The number of ketones is 2. The predicted molar refractivity (Wildman–Crippen MR) is 255 cm³/mol. The van der Waals surface area contributed by atoms with E-state index >= 15 is 0 Å². The largest absolute Gasteiger partial charge is 0.487 e. The maximum atomic E-state index is 12.1. The summed E-state index contributed by atoms with van der Waals surface area (Å²) in [5.41, 5.74) is 23.9. The summed E-state index contributed by atoms with van der Waals surface area (Å²) in [5, 5.41) is 12.3. The molecular weight excluding hydrogens is 880 g/mol. The second-order valence-corrected chi connectivity index (χ2v) is 17.5. The van der Waals surface area contributed by atoms with Gasteiger partial charge in [-0.3, -0.25) is 14.4 Å². The van der Waals surface area contributed by atoms with Crippen molar-refractivity contribution in [2.24, 2.45) is 5.73 Å². The van der Waals surface area contributed by atoms with Crippen molar-refractivity contribution in [3.05, 3.63) is 151 Å². The number of halogens is 2. The number of nitrogen functional groups attached to an aromatic ring is 2. The van der Waals surface area contributed by atoms with E-state index in [2.05, 4.69) is 11.4 Å². The van der Waals surface area contributed by atoms with Crippen molar-refractivity contribution in [2.45, 2.75) is 38.9 Å². The number of amides is 1. The van der Waals surface area contributed by atoms with Gasteiger partial charge >= 0.3 is 5.97 Å². The van der Waals surface area contributed by atoms with Crippen LogP contribution in [0.3, 0.4) is 0 Å². The van der Waals surface area contributed by atoms with E-state index in [-0.39, 0.29) is 29.7 Å². The third-order valence-electron chi connectivity index (χ3n) is 9.67. The molecule has 2 unspecified atom stereocenters. The molecule has 324 valence electrons. The van der Waals surface area contributed by atoms with Gasteiger partial charge in [0.25, 0.3) is 0 Å². The Morgan fingerprint density at radius 2 is 1.13 bits per heavy atom. The van der Waals surface area contributed by atoms with Gasteiger partial charge in [0.1, 0.15) is 23.7 Å². The lowest BCUT2D eigenvalue weighted by Gasteiger charge is -2.11. The van der Waals surface area contributed by atoms with Crippen molar-refractivity contribution in [2.75, 3.05) is 24.6 Å². The van der Waals surface area contributed by atoms with Gasteiger partial charge in [-0.1, -0.05) is 47.5 Å². The highest BCUT2D eigenvalue weighted by Crippen LogP contribution is 2.42. The van der Waals surface area contributed by atoms with Gasteiger partial charge in [0.05, 0.1) is 26.3 Å². The number of ether oxygens (including phenoxy) is 2. The number of nitrogens with one attached hydrogen (secondary N) is 1. The van der Waals surface area contributed by atoms with Gasteiger partial charge in [-0.05, 0) is 121 Å². The van der Waals surface area contributed by atoms with Crippen LogP contribution in [0.15, 0.2) is 109 Å². The van der Waals surface area contributed by atoms with Gasteiger partial charge in [-0.15, -0.1) is 22.7 Å². The highest BCUT2D eigenvalue weighted by atomic mass is 35.5. The number of aliphatic carboxylic acids is 1. The zero-order valence-corrected chi connectivity index (χ0v) is 37.4. The zero-order chi connectivity index (χ0) is 45.2. The molecule has 0 spiro atoms. The first-order chi connectivity index (χ1) is 30.1. The molecule has 11 nitrogen and oxygen atoms in total. The molecule has 2 aromatic heterocycles. The molecule has 0 aliphatic carbocycles. The first-order valence-corrected chi connectivity index (χ1v) is 22.0. The van der Waals surface area contributed by atoms with E-state index < -0.39 is 5.97 Å². The molecule has 0 saturated heterocycles. The van der Waals surface area contributed by atoms with Crippen molar-refractivity contribution in [1.82, 2.24) is 5.32 Å². The number of fused-ring (bicyclic) bond motifs is 2. The standard InChI is InChI=1S/C24H21ClN2O3S.C15H14ClNO2S.C9H9NO2/c1-14(28)21-7-8-22(31-21)16-10-17-11-19(30-24(17)20(25)12-16)13-27-23(29)9-4-15-2-5-18(26)6-3-15;1-8(18)13-2-3-14(20-13)9-4-10-5-11(7-17)19-15(10)12(16)6-9;10-8-4-1-7(2-5-8)3-6-9(11)12/h2-10,12,19H,11,13,26H2,1H3,(H,27,29);2-4,6,11H,5,7,17H2,1H3;1-6H,10H2,(H,11,12)/b9-4+;;6-3+. The maximum Gasteiger partial charge on any atom is 0.328 e. The lowest BCUT2D eigenvalue weighted by Crippen LogP contribution is -2.33. The predicted octanol–water partition coefficient (Wildman–Crippen LogP) is 9.89. The normalized spacial score (nSPS) is 14.7. The molecule has 1 amide bonds. The Balaban J connectivity index is 0.000000176. The molecule has 0 fully saturated rings. The molecule has 2 aliphatic rings. The van der Waals surface area contributed by atoms with Crippen LogP contribution in [0.5, 0.6) is 11.5 Å². The maximum absolute atomic E-state index is 12.1. The Hall–Kier alpha value is -6.22. The first-order valence-electron chi connectivity index (χ1n) is 19.6. The molecule has 63 heavy (non-hydrogen) atoms. The fourth-order valence-corrected chi connectivity index (χ4v) is 8.84. The van der Waals surface area contributed by atoms with Gasteiger partial charge in [0, 0.05) is 63.8 Å². The van der Waals surface area contributed by atoms with Crippen LogP contribution in [-0.4, -0.2) is 53.8 Å². The van der Waals surface area contributed by atoms with E-state index in [1.54, 1.807) is 56.3 Å². The monoisotopic (exact) mass is 922 g/mol. The quantitative estimate of drug-likeness (QED) is 0.0474. The summed E-state index contributed by atoms with van der Waals surface area (Å²) in [6, 6.07) is 29.7. The molecule has 8 N–H and O–H groups in total. The summed E-state index contributed by atoms with van der Waals surface area (Å²) in [6.45, 7) is 3.99. The lowest BCUT2D eigenvalue weighted by atomic mass is 10.1. The van der Waals surface area contributed by atoms with E-state index in [0.29, 0.717) is 46.7 Å². The molecular formula is C48H44Cl2N4O7S2. The Bertz CT molecular complexity index is 2690. The summed E-state index contributed by atoms with van der Waals surface area (Å²) in [5.74, 6) is 0.387. The minimum Gasteiger partial charge on any atom is -0.487 e. The van der Waals surface area contributed by atoms with Crippen LogP contribution in [0, 0.1) is 0 Å². The van der Waals surface area contributed by atoms with Crippen molar-refractivity contribution in [3.8, 4) is 32.4 Å². The van der Waals surface area contributed by atoms with E-state index in [0.717, 1.165) is 71.1 Å². The van der Waals surface area contributed by atoms with Crippen LogP contribution in [0.25, 0.3) is 33.0 Å². The molecule has 0 radical (unpaired) electrons. The van der Waals surface area contributed by atoms with Crippen molar-refractivity contribution in [1.29, 1.82) is 0 Å². The molecule has 2 aliphatic heterocycles. The number of nitrogens with two attached hydrogens (primary N) is 3. The van der Waals surface area contributed by atoms with E-state index in [1.807, 2.05) is 54.6 Å². The molecule has 8 rings (SSSR count). The number of thiophene rings is 2. The minimum atomic E-state index is -0.952. The smallest absolute Gasteiger partial charge is 0.328 e. The second-order valence-electron chi connectivity index (χ2n) is 14.5. The SMILES string of the molecule is CC(=O)c1ccc(-c2cc(Cl)c3c(c2)CC(CN)O3)s1.CC(=O)c1ccc(-c2cc(Cl)c3c(c2)CC(CNC(=O)/C=C/c2ccc(N)cc2)O3)s1.Nc1ccc(/C=C/C(=O)O)cc1. The number of carbonyl (C=O) groups is 4. The summed E-state index contributed by atoms with van der Waals surface area (Å²) in [4.78, 5) is 48.7. The van der Waals surface area contributed by atoms with Gasteiger partial charge in [-0.25, -0.2) is 4.79 Å². The third kappa shape index (κ3) is 12.7. The van der Waals surface area contributed by atoms with Crippen LogP contribution in [-0.2, 0) is 22.4 Å². The number of hydrogen-bond acceptors (Lipinski definition) is 11. The Morgan fingerprint density at radius 3 is 1.56 bits per heavy atom. The van der Waals surface area contributed by atoms with Gasteiger partial charge in [0.2, 0.25) is 5.91 Å². The fourth-order valence-electron chi connectivity index (χ4n) is 6.50. The third-order valence-corrected chi connectivity index (χ3v) is 12.7. The lowest BCUT2D eigenvalue weighted by molar-refractivity contribution is -0.131. The summed E-state index contributed by atoms with van der Waals surface area (Å²) < 4.78 is 11.7. The summed E-state index contributed by atoms with van der Waals surface area (Å²) >= 11 is 15.7. The second kappa shape index (κ2) is 21.2. The average molecular weight is 924 g/mol. The van der Waals surface area contributed by atoms with Gasteiger partial charge in [0.15, 0.2) is 11.6 Å². The van der Waals surface area contributed by atoms with Crippen molar-refractivity contribution in [3.63, 3.8) is 0 Å². The van der Waals surface area contributed by atoms with E-state index in [4.69, 9.17) is 55.0 Å². The molecule has 4 aromatic carbocycles. The van der Waals surface area contributed by atoms with Crippen LogP contribution >= 0.6 is 45.9 Å². The Kier molecular flexibility index (Phi) is 15.6. The van der Waals surface area contributed by atoms with Crippen molar-refractivity contribution >= 4 is 92.8 Å². The fraction of sp³-hybridized carbons (Fsp3) is 0.167. The summed E-state index contributed by atoms with van der Waals surface area (Å²) in [6.07, 6.45) is 7.08. The number of benzene rings is 4. The number of rotatable bonds is 11. The highest BCUT2D eigenvalue weighted by Gasteiger charge is 2.27. The van der Waals surface area contributed by atoms with Crippen LogP contribution < -0.4 is 32.0 Å². The zero-order valence-electron chi connectivity index (χ0n) is 34.2. The number of carbonyl (C=O) groups excluding carboxylic acids is 3. The first kappa shape index (κ1) is 46.3. The van der Waals surface area contributed by atoms with Crippen LogP contribution in [0.4, 0.5) is 11.4 Å². The molecule has 6 aromatic rings. The Morgan fingerprint density at radius 1 is 0.683 bits per heavy atom. The molecule has 2 atom stereocenters. The number of anilines is 2. The van der Waals surface area contributed by atoms with Gasteiger partial charge in [-0.2, -0.15) is 0 Å². The van der Waals surface area contributed by atoms with Crippen molar-refractivity contribution < 1.29 is 33.8 Å². The van der Waals surface area contributed by atoms with E-state index in [1.165, 1.54) is 34.8 Å². The van der Waals surface area contributed by atoms with E-state index in [9.17, 15) is 19.2 Å². The highest BCUT2D eigenvalue weighted by molar-refractivity contribution is 7.17. The molecule has 15 heteroatoms. The summed E-state index contributed by atoms with van der Waals surface area (Å²) in [7, 11) is 0. The van der Waals surface area contributed by atoms with Crippen LogP contribution in [0.2, 0.25) is 10.0 Å². The number of hydrogen-bond donors (Lipinski definition) is 5. The molecule has 0 bridgehead atoms. The average Bonchev–Trinajstić information content (AvgIpc) is 4.09. The number of carboxylic acids is 1.